The summed E-state index contributed by atoms with van der Waals surface area (Å²) in [5.74, 6) is -0.882. The van der Waals surface area contributed by atoms with Crippen LogP contribution in [0.4, 0.5) is 13.2 Å². The molecule has 1 amide bonds. The van der Waals surface area contributed by atoms with E-state index in [9.17, 15) is 18.0 Å². The van der Waals surface area contributed by atoms with Crippen molar-refractivity contribution in [2.75, 3.05) is 7.11 Å². The zero-order chi connectivity index (χ0) is 20.0. The molecule has 0 saturated heterocycles. The standard InChI is InChI=1S/C18H18F3N3O3.ClH/c1-26-15(12-6-8-14(9-7-12)27-18(19,20)21)17(25)24-10-11-2-4-13(5-3-11)16(22)23;/h2-9,15H,10H2,1H3,(H3,22,23)(H,24,25);1H/t15-;/m0./s1. The van der Waals surface area contributed by atoms with Gasteiger partial charge in [0.05, 0.1) is 0 Å². The van der Waals surface area contributed by atoms with Gasteiger partial charge >= 0.3 is 6.36 Å². The monoisotopic (exact) mass is 417 g/mol. The van der Waals surface area contributed by atoms with Crippen LogP contribution in [0.3, 0.4) is 0 Å². The van der Waals surface area contributed by atoms with E-state index in [1.807, 2.05) is 0 Å². The van der Waals surface area contributed by atoms with Crippen LogP contribution in [0.5, 0.6) is 5.75 Å². The number of halogens is 4. The third kappa shape index (κ3) is 6.75. The SMILES string of the molecule is CO[C@H](C(=O)NCc1ccc(C(=N)N)cc1)c1ccc(OC(F)(F)F)cc1.Cl. The van der Waals surface area contributed by atoms with E-state index in [0.29, 0.717) is 11.1 Å². The highest BCUT2D eigenvalue weighted by molar-refractivity contribution is 5.94. The summed E-state index contributed by atoms with van der Waals surface area (Å²) < 4.78 is 45.5. The second-order valence-electron chi connectivity index (χ2n) is 5.56. The van der Waals surface area contributed by atoms with Gasteiger partial charge in [0.25, 0.3) is 5.91 Å². The van der Waals surface area contributed by atoms with E-state index in [0.717, 1.165) is 17.7 Å². The minimum absolute atomic E-state index is 0. The van der Waals surface area contributed by atoms with Crippen molar-refractivity contribution in [2.45, 2.75) is 19.0 Å². The van der Waals surface area contributed by atoms with Crippen molar-refractivity contribution in [1.29, 1.82) is 5.41 Å². The molecule has 4 N–H and O–H groups in total. The molecular formula is C18H19ClF3N3O3. The van der Waals surface area contributed by atoms with Crippen LogP contribution in [0.15, 0.2) is 48.5 Å². The largest absolute Gasteiger partial charge is 0.573 e. The fourth-order valence-corrected chi connectivity index (χ4v) is 2.32. The third-order valence-corrected chi connectivity index (χ3v) is 3.62. The van der Waals surface area contributed by atoms with Crippen molar-refractivity contribution in [1.82, 2.24) is 5.32 Å². The van der Waals surface area contributed by atoms with E-state index in [2.05, 4.69) is 10.1 Å². The number of ether oxygens (including phenoxy) is 2. The normalized spacial score (nSPS) is 11.9. The Balaban J connectivity index is 0.00000392. The molecule has 0 unspecified atom stereocenters. The number of nitrogens with two attached hydrogens (primary N) is 1. The number of nitrogens with one attached hydrogen (secondary N) is 2. The predicted molar refractivity (Wildman–Crippen MR) is 99.4 cm³/mol. The Morgan fingerprint density at radius 1 is 1.14 bits per heavy atom. The van der Waals surface area contributed by atoms with Crippen LogP contribution in [0.1, 0.15) is 22.8 Å². The molecule has 0 bridgehead atoms. The lowest BCUT2D eigenvalue weighted by molar-refractivity contribution is -0.274. The maximum absolute atomic E-state index is 12.3. The topological polar surface area (TPSA) is 97.4 Å². The van der Waals surface area contributed by atoms with E-state index >= 15 is 0 Å². The number of alkyl halides is 3. The molecule has 2 aromatic rings. The molecule has 6 nitrogen and oxygen atoms in total. The number of amidine groups is 1. The van der Waals surface area contributed by atoms with Crippen LogP contribution < -0.4 is 15.8 Å². The Morgan fingerprint density at radius 3 is 2.18 bits per heavy atom. The summed E-state index contributed by atoms with van der Waals surface area (Å²) in [5, 5.41) is 10.0. The first-order valence-electron chi connectivity index (χ1n) is 7.79. The van der Waals surface area contributed by atoms with Crippen LogP contribution in [-0.2, 0) is 16.1 Å². The van der Waals surface area contributed by atoms with Crippen molar-refractivity contribution in [3.63, 3.8) is 0 Å². The molecule has 2 rings (SSSR count). The zero-order valence-corrected chi connectivity index (χ0v) is 15.6. The Labute approximate surface area is 165 Å². The molecule has 152 valence electrons. The van der Waals surface area contributed by atoms with E-state index < -0.39 is 18.4 Å². The molecule has 0 spiro atoms. The molecule has 2 aromatic carbocycles. The Bertz CT molecular complexity index is 796. The fourth-order valence-electron chi connectivity index (χ4n) is 2.32. The number of carbonyl (C=O) groups is 1. The highest BCUT2D eigenvalue weighted by Gasteiger charge is 2.31. The number of hydrogen-bond acceptors (Lipinski definition) is 4. The van der Waals surface area contributed by atoms with Gasteiger partial charge in [-0.05, 0) is 23.3 Å². The number of benzene rings is 2. The van der Waals surface area contributed by atoms with Gasteiger partial charge in [-0.15, -0.1) is 25.6 Å². The summed E-state index contributed by atoms with van der Waals surface area (Å²) in [6.07, 6.45) is -5.77. The van der Waals surface area contributed by atoms with Crippen molar-refractivity contribution in [3.05, 3.63) is 65.2 Å². The maximum atomic E-state index is 12.3. The van der Waals surface area contributed by atoms with E-state index in [1.165, 1.54) is 19.2 Å². The number of amides is 1. The second-order valence-corrected chi connectivity index (χ2v) is 5.56. The van der Waals surface area contributed by atoms with Gasteiger partial charge in [0, 0.05) is 19.2 Å². The van der Waals surface area contributed by atoms with Crippen molar-refractivity contribution in [3.8, 4) is 5.75 Å². The van der Waals surface area contributed by atoms with Crippen molar-refractivity contribution in [2.24, 2.45) is 5.73 Å². The molecule has 10 heteroatoms. The number of carbonyl (C=O) groups excluding carboxylic acids is 1. The predicted octanol–water partition coefficient (Wildman–Crippen LogP) is 3.29. The van der Waals surface area contributed by atoms with Crippen LogP contribution in [0, 0.1) is 5.41 Å². The molecule has 0 aliphatic heterocycles. The van der Waals surface area contributed by atoms with Crippen LogP contribution in [0.25, 0.3) is 0 Å². The minimum Gasteiger partial charge on any atom is -0.406 e. The minimum atomic E-state index is -4.78. The zero-order valence-electron chi connectivity index (χ0n) is 14.7. The summed E-state index contributed by atoms with van der Waals surface area (Å²) in [4.78, 5) is 12.3. The lowest BCUT2D eigenvalue weighted by Gasteiger charge is -2.16. The van der Waals surface area contributed by atoms with Crippen LogP contribution >= 0.6 is 12.4 Å². The molecule has 0 saturated carbocycles. The molecule has 1 atom stereocenters. The molecule has 0 radical (unpaired) electrons. The average molecular weight is 418 g/mol. The van der Waals surface area contributed by atoms with Gasteiger partial charge in [0.15, 0.2) is 6.10 Å². The summed E-state index contributed by atoms with van der Waals surface area (Å²) in [6.45, 7) is 0.214. The van der Waals surface area contributed by atoms with Crippen LogP contribution in [-0.4, -0.2) is 25.2 Å². The van der Waals surface area contributed by atoms with Gasteiger partial charge in [-0.2, -0.15) is 0 Å². The first-order chi connectivity index (χ1) is 12.7. The lowest BCUT2D eigenvalue weighted by Crippen LogP contribution is -2.30. The fraction of sp³-hybridized carbons (Fsp3) is 0.222. The highest BCUT2D eigenvalue weighted by atomic mass is 35.5. The Kier molecular flexibility index (Phi) is 8.27. The van der Waals surface area contributed by atoms with Gasteiger partial charge in [-0.1, -0.05) is 36.4 Å². The van der Waals surface area contributed by atoms with Gasteiger partial charge < -0.3 is 20.5 Å². The number of rotatable bonds is 7. The molecule has 0 aromatic heterocycles. The molecule has 0 aliphatic carbocycles. The number of nitrogen functional groups attached to an aromatic ring is 1. The highest BCUT2D eigenvalue weighted by Crippen LogP contribution is 2.25. The van der Waals surface area contributed by atoms with E-state index in [1.54, 1.807) is 24.3 Å². The summed E-state index contributed by atoms with van der Waals surface area (Å²) >= 11 is 0. The molecule has 0 aliphatic rings. The third-order valence-electron chi connectivity index (χ3n) is 3.62. The number of methoxy groups -OCH3 is 1. The Morgan fingerprint density at radius 2 is 1.71 bits per heavy atom. The van der Waals surface area contributed by atoms with Crippen LogP contribution in [0.2, 0.25) is 0 Å². The van der Waals surface area contributed by atoms with Gasteiger partial charge in [0.2, 0.25) is 0 Å². The smallest absolute Gasteiger partial charge is 0.406 e. The summed E-state index contributed by atoms with van der Waals surface area (Å²) in [7, 11) is 1.33. The quantitative estimate of drug-likeness (QED) is 0.475. The molecule has 0 heterocycles. The molecule has 28 heavy (non-hydrogen) atoms. The summed E-state index contributed by atoms with van der Waals surface area (Å²) in [6, 6.07) is 11.7. The van der Waals surface area contributed by atoms with E-state index in [4.69, 9.17) is 15.9 Å². The Hall–Kier alpha value is -2.78. The van der Waals surface area contributed by atoms with Gasteiger partial charge in [-0.3, -0.25) is 10.2 Å². The molecule has 0 fully saturated rings. The lowest BCUT2D eigenvalue weighted by atomic mass is 10.1. The summed E-state index contributed by atoms with van der Waals surface area (Å²) in [5.41, 5.74) is 7.12. The maximum Gasteiger partial charge on any atom is 0.573 e. The van der Waals surface area contributed by atoms with Crippen molar-refractivity contribution < 1.29 is 27.4 Å². The number of hydrogen-bond donors (Lipinski definition) is 3. The van der Waals surface area contributed by atoms with Gasteiger partial charge in [-0.25, -0.2) is 0 Å². The van der Waals surface area contributed by atoms with Crippen molar-refractivity contribution >= 4 is 24.1 Å². The van der Waals surface area contributed by atoms with Gasteiger partial charge in [0.1, 0.15) is 11.6 Å². The molecular weight excluding hydrogens is 399 g/mol. The van der Waals surface area contributed by atoms with E-state index in [-0.39, 0.29) is 30.5 Å². The second kappa shape index (κ2) is 9.95. The first kappa shape index (κ1) is 23.3. The first-order valence-corrected chi connectivity index (χ1v) is 7.79. The average Bonchev–Trinajstić information content (AvgIpc) is 2.61.